The highest BCUT2D eigenvalue weighted by Gasteiger charge is 2.45. The predicted octanol–water partition coefficient (Wildman–Crippen LogP) is 1.44. The van der Waals surface area contributed by atoms with Crippen molar-refractivity contribution >= 4 is 11.8 Å². The van der Waals surface area contributed by atoms with Gasteiger partial charge in [0.25, 0.3) is 0 Å². The molecule has 7 nitrogen and oxygen atoms in total. The highest BCUT2D eigenvalue weighted by Crippen LogP contribution is 2.45. The Morgan fingerprint density at radius 3 is 2.78 bits per heavy atom. The second-order valence-electron chi connectivity index (χ2n) is 6.40. The maximum Gasteiger partial charge on any atom is 0.358 e. The molecule has 1 saturated carbocycles. The number of nitrogens with zero attached hydrogens (tertiary/aromatic N) is 5. The van der Waals surface area contributed by atoms with E-state index in [0.29, 0.717) is 6.54 Å². The average Bonchev–Trinajstić information content (AvgIpc) is 2.97. The number of pyridine rings is 1. The van der Waals surface area contributed by atoms with Gasteiger partial charge in [-0.3, -0.25) is 0 Å². The molecule has 2 aromatic heterocycles. The molecule has 2 aliphatic rings. The van der Waals surface area contributed by atoms with Crippen molar-refractivity contribution in [2.45, 2.75) is 26.3 Å². The van der Waals surface area contributed by atoms with E-state index >= 15 is 0 Å². The summed E-state index contributed by atoms with van der Waals surface area (Å²) in [5.41, 5.74) is 2.06. The van der Waals surface area contributed by atoms with Crippen LogP contribution in [0.25, 0.3) is 0 Å². The zero-order chi connectivity index (χ0) is 16.0. The monoisotopic (exact) mass is 313 g/mol. The Labute approximate surface area is 133 Å². The fraction of sp³-hybridized carbons (Fsp3) is 0.500. The number of aromatic carboxylic acids is 1. The summed E-state index contributed by atoms with van der Waals surface area (Å²) in [6.45, 7) is 4.83. The van der Waals surface area contributed by atoms with Gasteiger partial charge in [0.2, 0.25) is 0 Å². The SMILES string of the molecule is CCc1nc(N2CC3CC3C2)ccc1Cn1cc(C(=O)O)nn1. The van der Waals surface area contributed by atoms with E-state index in [-0.39, 0.29) is 5.69 Å². The Hall–Kier alpha value is -2.44. The Bertz CT molecular complexity index is 747. The first-order valence-corrected chi connectivity index (χ1v) is 8.01. The van der Waals surface area contributed by atoms with Crippen molar-refractivity contribution in [3.05, 3.63) is 35.3 Å². The second-order valence-corrected chi connectivity index (χ2v) is 6.40. The minimum atomic E-state index is -1.06. The van der Waals surface area contributed by atoms with Crippen LogP contribution in [0.3, 0.4) is 0 Å². The van der Waals surface area contributed by atoms with Crippen molar-refractivity contribution in [2.75, 3.05) is 18.0 Å². The van der Waals surface area contributed by atoms with Gasteiger partial charge in [0.1, 0.15) is 5.82 Å². The van der Waals surface area contributed by atoms with E-state index in [4.69, 9.17) is 10.1 Å². The molecule has 3 heterocycles. The second kappa shape index (κ2) is 5.33. The van der Waals surface area contributed by atoms with E-state index in [1.165, 1.54) is 12.6 Å². The van der Waals surface area contributed by atoms with Gasteiger partial charge in [-0.25, -0.2) is 14.5 Å². The molecular formula is C16H19N5O2. The molecule has 23 heavy (non-hydrogen) atoms. The normalized spacial score (nSPS) is 22.2. The summed E-state index contributed by atoms with van der Waals surface area (Å²) in [5, 5.41) is 16.4. The van der Waals surface area contributed by atoms with E-state index < -0.39 is 5.97 Å². The molecule has 1 aliphatic heterocycles. The van der Waals surface area contributed by atoms with Gasteiger partial charge in [-0.05, 0) is 36.3 Å². The highest BCUT2D eigenvalue weighted by atomic mass is 16.4. The molecule has 1 aliphatic carbocycles. The van der Waals surface area contributed by atoms with Crippen LogP contribution in [0.5, 0.6) is 0 Å². The first kappa shape index (κ1) is 14.2. The van der Waals surface area contributed by atoms with Crippen molar-refractivity contribution in [1.82, 2.24) is 20.0 Å². The van der Waals surface area contributed by atoms with Gasteiger partial charge in [0, 0.05) is 18.8 Å². The van der Waals surface area contributed by atoms with E-state index in [0.717, 1.165) is 48.4 Å². The lowest BCUT2D eigenvalue weighted by Gasteiger charge is -2.20. The van der Waals surface area contributed by atoms with Gasteiger partial charge in [0.15, 0.2) is 5.69 Å². The number of carboxylic acids is 1. The summed E-state index contributed by atoms with van der Waals surface area (Å²) in [6, 6.07) is 4.14. The maximum atomic E-state index is 10.9. The van der Waals surface area contributed by atoms with Crippen molar-refractivity contribution in [1.29, 1.82) is 0 Å². The molecule has 1 saturated heterocycles. The summed E-state index contributed by atoms with van der Waals surface area (Å²) in [7, 11) is 0. The summed E-state index contributed by atoms with van der Waals surface area (Å²) >= 11 is 0. The van der Waals surface area contributed by atoms with Crippen LogP contribution in [0.4, 0.5) is 5.82 Å². The molecule has 2 fully saturated rings. The third-order valence-corrected chi connectivity index (χ3v) is 4.78. The van der Waals surface area contributed by atoms with Gasteiger partial charge in [0.05, 0.1) is 12.7 Å². The molecule has 0 amide bonds. The lowest BCUT2D eigenvalue weighted by molar-refractivity contribution is 0.0690. The fourth-order valence-electron chi connectivity index (χ4n) is 3.38. The van der Waals surface area contributed by atoms with Crippen LogP contribution in [-0.2, 0) is 13.0 Å². The van der Waals surface area contributed by atoms with Crippen LogP contribution >= 0.6 is 0 Å². The molecule has 0 bridgehead atoms. The van der Waals surface area contributed by atoms with Gasteiger partial charge < -0.3 is 10.0 Å². The third kappa shape index (κ3) is 2.67. The summed E-state index contributed by atoms with van der Waals surface area (Å²) in [4.78, 5) is 18.1. The largest absolute Gasteiger partial charge is 0.476 e. The van der Waals surface area contributed by atoms with E-state index in [2.05, 4.69) is 34.3 Å². The van der Waals surface area contributed by atoms with E-state index in [9.17, 15) is 4.79 Å². The first-order valence-electron chi connectivity index (χ1n) is 8.01. The summed E-state index contributed by atoms with van der Waals surface area (Å²) < 4.78 is 1.55. The van der Waals surface area contributed by atoms with Crippen LogP contribution in [0, 0.1) is 11.8 Å². The zero-order valence-corrected chi connectivity index (χ0v) is 13.0. The molecule has 2 unspecified atom stereocenters. The number of hydrogen-bond acceptors (Lipinski definition) is 5. The van der Waals surface area contributed by atoms with E-state index in [1.54, 1.807) is 4.68 Å². The molecule has 0 aromatic carbocycles. The van der Waals surface area contributed by atoms with Crippen molar-refractivity contribution < 1.29 is 9.90 Å². The molecule has 2 atom stereocenters. The lowest BCUT2D eigenvalue weighted by Crippen LogP contribution is -2.23. The molecular weight excluding hydrogens is 294 g/mol. The van der Waals surface area contributed by atoms with Crippen molar-refractivity contribution in [2.24, 2.45) is 11.8 Å². The van der Waals surface area contributed by atoms with Crippen LogP contribution in [0.1, 0.15) is 35.1 Å². The molecule has 2 aromatic rings. The quantitative estimate of drug-likeness (QED) is 0.899. The van der Waals surface area contributed by atoms with Crippen LogP contribution in [0.2, 0.25) is 0 Å². The molecule has 120 valence electrons. The Kier molecular flexibility index (Phi) is 3.28. The van der Waals surface area contributed by atoms with E-state index in [1.807, 2.05) is 0 Å². The molecule has 4 rings (SSSR count). The summed E-state index contributed by atoms with van der Waals surface area (Å²) in [5.74, 6) is 1.76. The summed E-state index contributed by atoms with van der Waals surface area (Å²) in [6.07, 6.45) is 3.67. The number of hydrogen-bond donors (Lipinski definition) is 1. The minimum absolute atomic E-state index is 0.0380. The third-order valence-electron chi connectivity index (χ3n) is 4.78. The number of rotatable bonds is 5. The predicted molar refractivity (Wildman–Crippen MR) is 83.5 cm³/mol. The Balaban J connectivity index is 1.54. The Morgan fingerprint density at radius 1 is 1.35 bits per heavy atom. The number of carbonyl (C=O) groups is 1. The minimum Gasteiger partial charge on any atom is -0.476 e. The fourth-order valence-corrected chi connectivity index (χ4v) is 3.38. The van der Waals surface area contributed by atoms with Crippen LogP contribution in [-0.4, -0.2) is 44.1 Å². The number of aromatic nitrogens is 4. The highest BCUT2D eigenvalue weighted by molar-refractivity contribution is 5.84. The van der Waals surface area contributed by atoms with Gasteiger partial charge >= 0.3 is 5.97 Å². The average molecular weight is 313 g/mol. The molecule has 7 heteroatoms. The number of carboxylic acid groups (broad SMARTS) is 1. The number of fused-ring (bicyclic) bond motifs is 1. The topological polar surface area (TPSA) is 84.1 Å². The van der Waals surface area contributed by atoms with Gasteiger partial charge in [-0.15, -0.1) is 5.10 Å². The lowest BCUT2D eigenvalue weighted by atomic mass is 10.1. The zero-order valence-electron chi connectivity index (χ0n) is 13.0. The maximum absolute atomic E-state index is 10.9. The van der Waals surface area contributed by atoms with Crippen molar-refractivity contribution in [3.63, 3.8) is 0 Å². The number of anilines is 1. The molecule has 0 radical (unpaired) electrons. The smallest absolute Gasteiger partial charge is 0.358 e. The standard InChI is InChI=1S/C16H19N5O2/c1-2-13-10(8-21-9-14(16(22)23)18-19-21)3-4-15(17-13)20-6-11-5-12(11)7-20/h3-4,9,11-12H,2,5-8H2,1H3,(H,22,23). The molecule has 1 N–H and O–H groups in total. The van der Waals surface area contributed by atoms with Gasteiger partial charge in [-0.2, -0.15) is 0 Å². The Morgan fingerprint density at radius 2 is 2.13 bits per heavy atom. The van der Waals surface area contributed by atoms with Gasteiger partial charge in [-0.1, -0.05) is 18.2 Å². The molecule has 0 spiro atoms. The van der Waals surface area contributed by atoms with Crippen LogP contribution in [0.15, 0.2) is 18.3 Å². The first-order chi connectivity index (χ1) is 11.1. The van der Waals surface area contributed by atoms with Crippen molar-refractivity contribution in [3.8, 4) is 0 Å². The number of aryl methyl sites for hydroxylation is 1. The number of piperidine rings is 1. The van der Waals surface area contributed by atoms with Crippen LogP contribution < -0.4 is 4.90 Å².